The molecule has 0 unspecified atom stereocenters. The lowest BCUT2D eigenvalue weighted by Crippen LogP contribution is -2.45. The first-order valence-corrected chi connectivity index (χ1v) is 5.76. The normalized spacial score (nSPS) is 14.8. The van der Waals surface area contributed by atoms with E-state index in [1.165, 1.54) is 0 Å². The Morgan fingerprint density at radius 1 is 1.42 bits per heavy atom. The van der Waals surface area contributed by atoms with Gasteiger partial charge in [0.2, 0.25) is 0 Å². The van der Waals surface area contributed by atoms with Gasteiger partial charge in [-0.3, -0.25) is 0 Å². The number of aliphatic hydroxyl groups is 1. The van der Waals surface area contributed by atoms with Crippen LogP contribution >= 0.6 is 11.8 Å². The van der Waals surface area contributed by atoms with Crippen molar-refractivity contribution in [1.82, 2.24) is 5.32 Å². The van der Waals surface area contributed by atoms with Crippen LogP contribution in [0.3, 0.4) is 0 Å². The minimum absolute atomic E-state index is 0.103. The van der Waals surface area contributed by atoms with Crippen molar-refractivity contribution in [1.29, 1.82) is 0 Å². The van der Waals surface area contributed by atoms with Crippen molar-refractivity contribution in [2.24, 2.45) is 0 Å². The summed E-state index contributed by atoms with van der Waals surface area (Å²) in [7, 11) is 0. The van der Waals surface area contributed by atoms with Gasteiger partial charge in [-0.25, -0.2) is 0 Å². The van der Waals surface area contributed by atoms with Crippen LogP contribution in [0.15, 0.2) is 0 Å². The summed E-state index contributed by atoms with van der Waals surface area (Å²) < 4.78 is 0. The highest BCUT2D eigenvalue weighted by molar-refractivity contribution is 7.98. The van der Waals surface area contributed by atoms with E-state index >= 15 is 0 Å². The molecule has 0 amide bonds. The first-order chi connectivity index (χ1) is 5.49. The molecule has 3 heteroatoms. The third-order valence-corrected chi connectivity index (χ3v) is 2.17. The molecule has 0 saturated carbocycles. The van der Waals surface area contributed by atoms with Gasteiger partial charge in [-0.2, -0.15) is 11.8 Å². The zero-order valence-corrected chi connectivity index (χ0v) is 9.37. The second-order valence-electron chi connectivity index (χ2n) is 4.06. The Balaban J connectivity index is 3.67. The van der Waals surface area contributed by atoms with Gasteiger partial charge in [0.05, 0.1) is 6.61 Å². The van der Waals surface area contributed by atoms with Gasteiger partial charge in [0, 0.05) is 11.6 Å². The topological polar surface area (TPSA) is 32.3 Å². The lowest BCUT2D eigenvalue weighted by molar-refractivity contribution is 0.213. The smallest absolute Gasteiger partial charge is 0.0585 e. The summed E-state index contributed by atoms with van der Waals surface area (Å²) in [6, 6.07) is 0.248. The van der Waals surface area contributed by atoms with Crippen molar-refractivity contribution in [3.63, 3.8) is 0 Å². The SMILES string of the molecule is CSCC[C@@H](CO)NC(C)(C)C. The van der Waals surface area contributed by atoms with Gasteiger partial charge < -0.3 is 10.4 Å². The highest BCUT2D eigenvalue weighted by Crippen LogP contribution is 2.06. The van der Waals surface area contributed by atoms with Gasteiger partial charge >= 0.3 is 0 Å². The highest BCUT2D eigenvalue weighted by Gasteiger charge is 2.15. The molecule has 0 saturated heterocycles. The molecule has 1 atom stereocenters. The molecular formula is C9H21NOS. The summed E-state index contributed by atoms with van der Waals surface area (Å²) in [4.78, 5) is 0. The Hall–Kier alpha value is 0.270. The summed E-state index contributed by atoms with van der Waals surface area (Å²) in [6.45, 7) is 6.59. The number of hydrogen-bond donors (Lipinski definition) is 2. The molecule has 0 aromatic heterocycles. The van der Waals surface area contributed by atoms with Gasteiger partial charge in [-0.05, 0) is 39.2 Å². The third-order valence-electron chi connectivity index (χ3n) is 1.53. The largest absolute Gasteiger partial charge is 0.395 e. The van der Waals surface area contributed by atoms with Gasteiger partial charge in [0.25, 0.3) is 0 Å². The molecule has 0 aromatic carbocycles. The first-order valence-electron chi connectivity index (χ1n) is 4.37. The van der Waals surface area contributed by atoms with E-state index in [1.807, 2.05) is 11.8 Å². The molecule has 0 aliphatic carbocycles. The van der Waals surface area contributed by atoms with Crippen molar-refractivity contribution < 1.29 is 5.11 Å². The predicted molar refractivity (Wildman–Crippen MR) is 56.8 cm³/mol. The van der Waals surface area contributed by atoms with Crippen LogP contribution in [0.5, 0.6) is 0 Å². The number of thioether (sulfide) groups is 1. The average Bonchev–Trinajstić information content (AvgIpc) is 1.95. The second-order valence-corrected chi connectivity index (χ2v) is 5.04. The van der Waals surface area contributed by atoms with Crippen LogP contribution in [0.4, 0.5) is 0 Å². The molecule has 0 fully saturated rings. The number of hydrogen-bond acceptors (Lipinski definition) is 3. The molecule has 0 aliphatic rings. The van der Waals surface area contributed by atoms with Crippen LogP contribution in [-0.4, -0.2) is 35.3 Å². The summed E-state index contributed by atoms with van der Waals surface area (Å²) in [5, 5.41) is 12.4. The first kappa shape index (κ1) is 12.3. The van der Waals surface area contributed by atoms with Crippen LogP contribution in [0.2, 0.25) is 0 Å². The summed E-state index contributed by atoms with van der Waals surface area (Å²) >= 11 is 1.82. The Labute approximate surface area is 80.1 Å². The van der Waals surface area contributed by atoms with Crippen molar-refractivity contribution in [3.05, 3.63) is 0 Å². The minimum atomic E-state index is 0.103. The zero-order chi connectivity index (χ0) is 9.61. The van der Waals surface area contributed by atoms with Crippen molar-refractivity contribution in [2.75, 3.05) is 18.6 Å². The molecule has 0 spiro atoms. The summed E-state index contributed by atoms with van der Waals surface area (Å²) in [6.07, 6.45) is 3.13. The summed E-state index contributed by atoms with van der Waals surface area (Å²) in [5.74, 6) is 1.11. The fourth-order valence-corrected chi connectivity index (χ4v) is 1.60. The molecule has 0 rings (SSSR count). The van der Waals surface area contributed by atoms with E-state index < -0.39 is 0 Å². The Bertz CT molecular complexity index is 112. The quantitative estimate of drug-likeness (QED) is 0.690. The second kappa shape index (κ2) is 5.84. The van der Waals surface area contributed by atoms with Gasteiger partial charge in [-0.1, -0.05) is 0 Å². The molecule has 2 N–H and O–H groups in total. The standard InChI is InChI=1S/C9H21NOS/c1-9(2,3)10-8(7-11)5-6-12-4/h8,10-11H,5-7H2,1-4H3/t8-/m0/s1. The lowest BCUT2D eigenvalue weighted by atomic mass is 10.1. The van der Waals surface area contributed by atoms with Crippen molar-refractivity contribution in [3.8, 4) is 0 Å². The van der Waals surface area contributed by atoms with E-state index in [4.69, 9.17) is 5.11 Å². The van der Waals surface area contributed by atoms with Gasteiger partial charge in [0.15, 0.2) is 0 Å². The van der Waals surface area contributed by atoms with Crippen LogP contribution in [0.1, 0.15) is 27.2 Å². The fraction of sp³-hybridized carbons (Fsp3) is 1.00. The minimum Gasteiger partial charge on any atom is -0.395 e. The predicted octanol–water partition coefficient (Wildman–Crippen LogP) is 1.49. The molecule has 2 nitrogen and oxygen atoms in total. The maximum atomic E-state index is 9.04. The number of aliphatic hydroxyl groups excluding tert-OH is 1. The Morgan fingerprint density at radius 3 is 2.33 bits per heavy atom. The zero-order valence-electron chi connectivity index (χ0n) is 8.55. The van der Waals surface area contributed by atoms with E-state index in [9.17, 15) is 0 Å². The molecule has 0 bridgehead atoms. The van der Waals surface area contributed by atoms with Gasteiger partial charge in [0.1, 0.15) is 0 Å². The van der Waals surface area contributed by atoms with Crippen molar-refractivity contribution in [2.45, 2.75) is 38.8 Å². The monoisotopic (exact) mass is 191 g/mol. The molecule has 0 radical (unpaired) electrons. The lowest BCUT2D eigenvalue weighted by Gasteiger charge is -2.27. The molecule has 74 valence electrons. The Kier molecular flexibility index (Phi) is 5.97. The van der Waals surface area contributed by atoms with Crippen LogP contribution in [0.25, 0.3) is 0 Å². The van der Waals surface area contributed by atoms with Crippen LogP contribution in [0, 0.1) is 0 Å². The maximum absolute atomic E-state index is 9.04. The third kappa shape index (κ3) is 6.95. The maximum Gasteiger partial charge on any atom is 0.0585 e. The van der Waals surface area contributed by atoms with E-state index in [1.54, 1.807) is 0 Å². The molecule has 0 heterocycles. The Morgan fingerprint density at radius 2 is 2.00 bits per heavy atom. The highest BCUT2D eigenvalue weighted by atomic mass is 32.2. The van der Waals surface area contributed by atoms with E-state index in [-0.39, 0.29) is 18.2 Å². The van der Waals surface area contributed by atoms with E-state index in [0.29, 0.717) is 0 Å². The van der Waals surface area contributed by atoms with Crippen LogP contribution < -0.4 is 5.32 Å². The van der Waals surface area contributed by atoms with Gasteiger partial charge in [-0.15, -0.1) is 0 Å². The molecule has 0 aliphatic heterocycles. The van der Waals surface area contributed by atoms with Crippen molar-refractivity contribution >= 4 is 11.8 Å². The molecule has 0 aromatic rings. The molecular weight excluding hydrogens is 170 g/mol. The molecule has 12 heavy (non-hydrogen) atoms. The van der Waals surface area contributed by atoms with E-state index in [0.717, 1.165) is 12.2 Å². The number of rotatable bonds is 5. The average molecular weight is 191 g/mol. The van der Waals surface area contributed by atoms with E-state index in [2.05, 4.69) is 32.3 Å². The van der Waals surface area contributed by atoms with Crippen LogP contribution in [-0.2, 0) is 0 Å². The number of nitrogens with one attached hydrogen (secondary N) is 1. The summed E-state index contributed by atoms with van der Waals surface area (Å²) in [5.41, 5.74) is 0.103. The fourth-order valence-electron chi connectivity index (χ4n) is 1.08.